The van der Waals surface area contributed by atoms with Crippen LogP contribution in [0.25, 0.3) is 0 Å². The lowest BCUT2D eigenvalue weighted by molar-refractivity contribution is -0.384. The molecule has 0 aliphatic rings. The van der Waals surface area contributed by atoms with Crippen LogP contribution in [0.5, 0.6) is 5.75 Å². The maximum absolute atomic E-state index is 12.2. The highest BCUT2D eigenvalue weighted by molar-refractivity contribution is 5.85. The van der Waals surface area contributed by atoms with Gasteiger partial charge in [0.15, 0.2) is 0 Å². The Bertz CT molecular complexity index is 1110. The summed E-state index contributed by atoms with van der Waals surface area (Å²) in [5.41, 5.74) is 7.29. The Kier molecular flexibility index (Phi) is 7.11. The lowest BCUT2D eigenvalue weighted by atomic mass is 10.0. The number of hydrogen-bond acceptors (Lipinski definition) is 5. The number of rotatable bonds is 8. The van der Waals surface area contributed by atoms with Crippen molar-refractivity contribution in [3.63, 3.8) is 0 Å². The number of non-ortho nitro benzene ring substituents is 1. The van der Waals surface area contributed by atoms with E-state index in [4.69, 9.17) is 4.74 Å². The smallest absolute Gasteiger partial charge is 0.269 e. The first kappa shape index (κ1) is 21.7. The third-order valence-corrected chi connectivity index (χ3v) is 4.70. The minimum absolute atomic E-state index is 0.0351. The van der Waals surface area contributed by atoms with Crippen molar-refractivity contribution < 1.29 is 14.5 Å². The molecule has 3 aromatic rings. The molecule has 0 aliphatic heterocycles. The average Bonchev–Trinajstić information content (AvgIpc) is 2.75. The normalized spacial score (nSPS) is 10.8. The number of ether oxygens (including phenoxy) is 1. The number of carbonyl (C=O) groups excluding carboxylic acids is 1. The van der Waals surface area contributed by atoms with E-state index in [0.29, 0.717) is 11.3 Å². The van der Waals surface area contributed by atoms with E-state index in [1.165, 1.54) is 18.3 Å². The van der Waals surface area contributed by atoms with Crippen molar-refractivity contribution in [1.82, 2.24) is 5.43 Å². The fourth-order valence-corrected chi connectivity index (χ4v) is 3.02. The lowest BCUT2D eigenvalue weighted by Crippen LogP contribution is -2.20. The second-order valence-corrected chi connectivity index (χ2v) is 7.15. The Balaban J connectivity index is 1.58. The highest BCUT2D eigenvalue weighted by Crippen LogP contribution is 2.19. The third kappa shape index (κ3) is 6.24. The molecule has 0 radical (unpaired) electrons. The molecule has 1 N–H and O–H groups in total. The van der Waals surface area contributed by atoms with Crippen molar-refractivity contribution in [1.29, 1.82) is 0 Å². The molecule has 0 saturated heterocycles. The number of hydrogen-bond donors (Lipinski definition) is 1. The molecule has 7 nitrogen and oxygen atoms in total. The summed E-state index contributed by atoms with van der Waals surface area (Å²) in [4.78, 5) is 22.5. The van der Waals surface area contributed by atoms with Gasteiger partial charge in [0.2, 0.25) is 5.91 Å². The monoisotopic (exact) mass is 417 g/mol. The first-order valence-electron chi connectivity index (χ1n) is 9.75. The van der Waals surface area contributed by atoms with Gasteiger partial charge in [0.25, 0.3) is 5.69 Å². The molecule has 0 fully saturated rings. The van der Waals surface area contributed by atoms with Gasteiger partial charge in [-0.15, -0.1) is 0 Å². The van der Waals surface area contributed by atoms with Gasteiger partial charge in [-0.1, -0.05) is 35.9 Å². The zero-order valence-corrected chi connectivity index (χ0v) is 17.4. The van der Waals surface area contributed by atoms with Gasteiger partial charge in [0.1, 0.15) is 12.4 Å². The molecule has 3 aromatic carbocycles. The molecule has 0 aromatic heterocycles. The zero-order valence-electron chi connectivity index (χ0n) is 17.4. The van der Waals surface area contributed by atoms with Crippen molar-refractivity contribution in [3.05, 3.63) is 105 Å². The van der Waals surface area contributed by atoms with Gasteiger partial charge in [-0.25, -0.2) is 5.43 Å². The predicted molar refractivity (Wildman–Crippen MR) is 119 cm³/mol. The number of aryl methyl sites for hydroxylation is 2. The Hall–Kier alpha value is -4.00. The maximum Gasteiger partial charge on any atom is 0.269 e. The van der Waals surface area contributed by atoms with Gasteiger partial charge in [-0.3, -0.25) is 14.9 Å². The minimum atomic E-state index is -0.440. The number of nitro groups is 1. The molecule has 0 spiro atoms. The maximum atomic E-state index is 12.2. The number of amides is 1. The van der Waals surface area contributed by atoms with Crippen LogP contribution in [0.1, 0.15) is 27.8 Å². The van der Waals surface area contributed by atoms with Gasteiger partial charge >= 0.3 is 0 Å². The lowest BCUT2D eigenvalue weighted by Gasteiger charge is -2.09. The quantitative estimate of drug-likeness (QED) is 0.332. The first-order chi connectivity index (χ1) is 14.9. The van der Waals surface area contributed by atoms with Crippen LogP contribution in [0.3, 0.4) is 0 Å². The van der Waals surface area contributed by atoms with E-state index in [1.807, 2.05) is 50.2 Å². The molecule has 0 heterocycles. The predicted octanol–water partition coefficient (Wildman–Crippen LogP) is 4.48. The van der Waals surface area contributed by atoms with Crippen molar-refractivity contribution in [2.45, 2.75) is 26.9 Å². The summed E-state index contributed by atoms with van der Waals surface area (Å²) in [6, 6.07) is 19.5. The van der Waals surface area contributed by atoms with Crippen LogP contribution in [0.15, 0.2) is 71.8 Å². The number of nitrogens with one attached hydrogen (secondary N) is 1. The van der Waals surface area contributed by atoms with E-state index in [1.54, 1.807) is 18.2 Å². The Morgan fingerprint density at radius 1 is 1.10 bits per heavy atom. The van der Waals surface area contributed by atoms with Crippen LogP contribution in [-0.2, 0) is 17.8 Å². The molecule has 1 amide bonds. The van der Waals surface area contributed by atoms with Gasteiger partial charge in [-0.2, -0.15) is 5.10 Å². The number of nitro benzene ring substituents is 1. The first-order valence-corrected chi connectivity index (χ1v) is 9.75. The summed E-state index contributed by atoms with van der Waals surface area (Å²) in [7, 11) is 0. The number of hydrazone groups is 1. The summed E-state index contributed by atoms with van der Waals surface area (Å²) in [6.07, 6.45) is 1.78. The van der Waals surface area contributed by atoms with Crippen LogP contribution < -0.4 is 10.2 Å². The highest BCUT2D eigenvalue weighted by atomic mass is 16.6. The molecule has 0 aliphatic carbocycles. The second kappa shape index (κ2) is 10.2. The summed E-state index contributed by atoms with van der Waals surface area (Å²) in [6.45, 7) is 4.25. The SMILES string of the molecule is Cc1ccc(CC(=O)N/N=C/c2ccccc2OCc2ccc([N+](=O)[O-])cc2)c(C)c1. The molecule has 0 saturated carbocycles. The van der Waals surface area contributed by atoms with Crippen molar-refractivity contribution >= 4 is 17.8 Å². The number of carbonyl (C=O) groups is 1. The standard InChI is InChI=1S/C24H23N3O4/c1-17-7-10-20(18(2)13-17)14-24(28)26-25-15-21-5-3-4-6-23(21)31-16-19-8-11-22(12-9-19)27(29)30/h3-13,15H,14,16H2,1-2H3,(H,26,28)/b25-15+. The number of benzene rings is 3. The van der Waals surface area contributed by atoms with Crippen molar-refractivity contribution in [2.24, 2.45) is 5.10 Å². The molecule has 3 rings (SSSR count). The van der Waals surface area contributed by atoms with E-state index in [0.717, 1.165) is 22.3 Å². The van der Waals surface area contributed by atoms with Crippen LogP contribution in [0, 0.1) is 24.0 Å². The number of para-hydroxylation sites is 1. The Morgan fingerprint density at radius 2 is 1.84 bits per heavy atom. The van der Waals surface area contributed by atoms with E-state index in [2.05, 4.69) is 10.5 Å². The van der Waals surface area contributed by atoms with Gasteiger partial charge in [0.05, 0.1) is 17.6 Å². The Labute approximate surface area is 180 Å². The van der Waals surface area contributed by atoms with Crippen molar-refractivity contribution in [3.8, 4) is 5.75 Å². The third-order valence-electron chi connectivity index (χ3n) is 4.70. The molecule has 0 atom stereocenters. The summed E-state index contributed by atoms with van der Waals surface area (Å²) < 4.78 is 5.83. The van der Waals surface area contributed by atoms with Crippen LogP contribution >= 0.6 is 0 Å². The molecule has 7 heteroatoms. The highest BCUT2D eigenvalue weighted by Gasteiger charge is 2.07. The van der Waals surface area contributed by atoms with Crippen LogP contribution in [-0.4, -0.2) is 17.0 Å². The molecule has 158 valence electrons. The van der Waals surface area contributed by atoms with Crippen LogP contribution in [0.2, 0.25) is 0 Å². The van der Waals surface area contributed by atoms with Gasteiger partial charge in [-0.05, 0) is 54.8 Å². The summed E-state index contributed by atoms with van der Waals surface area (Å²) in [5.74, 6) is 0.390. The fourth-order valence-electron chi connectivity index (χ4n) is 3.02. The van der Waals surface area contributed by atoms with E-state index >= 15 is 0 Å². The molecule has 0 bridgehead atoms. The van der Waals surface area contributed by atoms with E-state index in [9.17, 15) is 14.9 Å². The minimum Gasteiger partial charge on any atom is -0.488 e. The van der Waals surface area contributed by atoms with E-state index < -0.39 is 4.92 Å². The van der Waals surface area contributed by atoms with Crippen LogP contribution in [0.4, 0.5) is 5.69 Å². The van der Waals surface area contributed by atoms with Crippen molar-refractivity contribution in [2.75, 3.05) is 0 Å². The van der Waals surface area contributed by atoms with Gasteiger partial charge in [0, 0.05) is 17.7 Å². The molecule has 31 heavy (non-hydrogen) atoms. The van der Waals surface area contributed by atoms with E-state index in [-0.39, 0.29) is 24.6 Å². The molecular weight excluding hydrogens is 394 g/mol. The zero-order chi connectivity index (χ0) is 22.2. The molecule has 0 unspecified atom stereocenters. The summed E-state index contributed by atoms with van der Waals surface area (Å²) in [5, 5.41) is 14.8. The fraction of sp³-hybridized carbons (Fsp3) is 0.167. The Morgan fingerprint density at radius 3 is 2.55 bits per heavy atom. The largest absolute Gasteiger partial charge is 0.488 e. The second-order valence-electron chi connectivity index (χ2n) is 7.15. The van der Waals surface area contributed by atoms with Gasteiger partial charge < -0.3 is 4.74 Å². The molecular formula is C24H23N3O4. The average molecular weight is 417 g/mol. The number of nitrogens with zero attached hydrogens (tertiary/aromatic N) is 2. The summed E-state index contributed by atoms with van der Waals surface area (Å²) >= 11 is 0. The topological polar surface area (TPSA) is 93.8 Å².